The molecule has 0 fully saturated rings. The van der Waals surface area contributed by atoms with Gasteiger partial charge in [0.2, 0.25) is 0 Å². The molecule has 0 radical (unpaired) electrons. The van der Waals surface area contributed by atoms with Crippen LogP contribution in [0.4, 0.5) is 0 Å². The zero-order chi connectivity index (χ0) is 15.2. The number of aryl methyl sites for hydroxylation is 1. The van der Waals surface area contributed by atoms with Gasteiger partial charge in [-0.25, -0.2) is 5.84 Å². The normalized spacial score (nSPS) is 10.9. The number of furan rings is 1. The summed E-state index contributed by atoms with van der Waals surface area (Å²) in [7, 11) is 2.02. The lowest BCUT2D eigenvalue weighted by molar-refractivity contribution is 0.0952. The molecule has 1 amide bonds. The van der Waals surface area contributed by atoms with Gasteiger partial charge in [0, 0.05) is 18.9 Å². The summed E-state index contributed by atoms with van der Waals surface area (Å²) in [5.74, 6) is 6.14. The summed E-state index contributed by atoms with van der Waals surface area (Å²) < 4.78 is 5.59. The monoisotopic (exact) mass is 288 g/mol. The third-order valence-corrected chi connectivity index (χ3v) is 3.30. The van der Waals surface area contributed by atoms with E-state index < -0.39 is 0 Å². The Labute approximate surface area is 123 Å². The molecule has 0 saturated carbocycles. The van der Waals surface area contributed by atoms with E-state index in [0.29, 0.717) is 17.9 Å². The second-order valence-corrected chi connectivity index (χ2v) is 5.00. The molecule has 0 aliphatic carbocycles. The molecule has 21 heavy (non-hydrogen) atoms. The Bertz CT molecular complexity index is 595. The highest BCUT2D eigenvalue weighted by Crippen LogP contribution is 2.16. The van der Waals surface area contributed by atoms with E-state index in [1.807, 2.05) is 19.2 Å². The van der Waals surface area contributed by atoms with Crippen molar-refractivity contribution in [3.05, 3.63) is 53.2 Å². The van der Waals surface area contributed by atoms with Crippen molar-refractivity contribution in [2.75, 3.05) is 13.6 Å². The number of nitrogens with zero attached hydrogens (tertiary/aromatic N) is 2. The molecule has 0 saturated heterocycles. The second-order valence-electron chi connectivity index (χ2n) is 5.00. The highest BCUT2D eigenvalue weighted by Gasteiger charge is 2.14. The van der Waals surface area contributed by atoms with Gasteiger partial charge in [-0.2, -0.15) is 0 Å². The number of hydrogen-bond donors (Lipinski definition) is 2. The molecule has 0 unspecified atom stereocenters. The number of carbonyl (C=O) groups excluding carboxylic acids is 1. The molecule has 0 bridgehead atoms. The zero-order valence-electron chi connectivity index (χ0n) is 12.3. The number of likely N-dealkylation sites (N-methyl/N-ethyl adjacent to an activating group) is 1. The predicted octanol–water partition coefficient (Wildman–Crippen LogP) is 1.26. The van der Waals surface area contributed by atoms with Gasteiger partial charge in [0.25, 0.3) is 5.91 Å². The smallest absolute Gasteiger partial charge is 0.268 e. The van der Waals surface area contributed by atoms with Gasteiger partial charge < -0.3 is 4.42 Å². The summed E-state index contributed by atoms with van der Waals surface area (Å²) in [6, 6.07) is 5.75. The number of rotatable bonds is 6. The Balaban J connectivity index is 1.91. The van der Waals surface area contributed by atoms with Gasteiger partial charge in [0.15, 0.2) is 0 Å². The molecular weight excluding hydrogens is 268 g/mol. The average molecular weight is 288 g/mol. The Morgan fingerprint density at radius 2 is 2.14 bits per heavy atom. The highest BCUT2D eigenvalue weighted by molar-refractivity contribution is 5.94. The van der Waals surface area contributed by atoms with Gasteiger partial charge >= 0.3 is 0 Å². The van der Waals surface area contributed by atoms with Crippen LogP contribution in [0.2, 0.25) is 0 Å². The van der Waals surface area contributed by atoms with E-state index in [-0.39, 0.29) is 5.91 Å². The number of hydrazine groups is 1. The molecule has 0 spiro atoms. The molecule has 0 atom stereocenters. The van der Waals surface area contributed by atoms with Crippen molar-refractivity contribution >= 4 is 5.91 Å². The maximum atomic E-state index is 11.5. The van der Waals surface area contributed by atoms with Crippen LogP contribution in [0.1, 0.15) is 27.4 Å². The molecule has 6 nitrogen and oxygen atoms in total. The standard InChI is InChI=1S/C15H20N4O2/c1-11-14(15(20)18-16)9-13(21-11)10-19(2)8-5-12-3-6-17-7-4-12/h3-4,6-7,9H,5,8,10,16H2,1-2H3,(H,18,20). The highest BCUT2D eigenvalue weighted by atomic mass is 16.3. The number of carbonyl (C=O) groups is 1. The number of nitrogens with two attached hydrogens (primary N) is 1. The number of nitrogens with one attached hydrogen (secondary N) is 1. The fourth-order valence-electron chi connectivity index (χ4n) is 2.14. The molecule has 2 aromatic rings. The van der Waals surface area contributed by atoms with Crippen LogP contribution in [0.15, 0.2) is 35.0 Å². The molecular formula is C15H20N4O2. The summed E-state index contributed by atoms with van der Waals surface area (Å²) >= 11 is 0. The lowest BCUT2D eigenvalue weighted by atomic mass is 10.2. The molecule has 0 aromatic carbocycles. The van der Waals surface area contributed by atoms with Crippen molar-refractivity contribution in [3.8, 4) is 0 Å². The van der Waals surface area contributed by atoms with E-state index in [4.69, 9.17) is 10.3 Å². The van der Waals surface area contributed by atoms with Crippen LogP contribution in [0.25, 0.3) is 0 Å². The quantitative estimate of drug-likeness (QED) is 0.475. The minimum Gasteiger partial charge on any atom is -0.464 e. The van der Waals surface area contributed by atoms with E-state index in [9.17, 15) is 4.79 Å². The first-order valence-corrected chi connectivity index (χ1v) is 6.78. The molecule has 112 valence electrons. The van der Waals surface area contributed by atoms with Crippen LogP contribution in [-0.2, 0) is 13.0 Å². The molecule has 3 N–H and O–H groups in total. The van der Waals surface area contributed by atoms with Crippen LogP contribution in [0.3, 0.4) is 0 Å². The fourth-order valence-corrected chi connectivity index (χ4v) is 2.14. The van der Waals surface area contributed by atoms with Crippen molar-refractivity contribution in [2.24, 2.45) is 5.84 Å². The number of amides is 1. The largest absolute Gasteiger partial charge is 0.464 e. The first-order valence-electron chi connectivity index (χ1n) is 6.78. The van der Waals surface area contributed by atoms with E-state index in [0.717, 1.165) is 18.7 Å². The van der Waals surface area contributed by atoms with Gasteiger partial charge in [-0.3, -0.25) is 20.1 Å². The van der Waals surface area contributed by atoms with Gasteiger partial charge in [0.1, 0.15) is 11.5 Å². The second kappa shape index (κ2) is 7.01. The van der Waals surface area contributed by atoms with Crippen molar-refractivity contribution in [2.45, 2.75) is 19.9 Å². The van der Waals surface area contributed by atoms with Crippen molar-refractivity contribution in [1.82, 2.24) is 15.3 Å². The van der Waals surface area contributed by atoms with Gasteiger partial charge in [0.05, 0.1) is 12.1 Å². The summed E-state index contributed by atoms with van der Waals surface area (Å²) in [6.45, 7) is 3.29. The zero-order valence-corrected chi connectivity index (χ0v) is 12.3. The number of aromatic nitrogens is 1. The van der Waals surface area contributed by atoms with Crippen LogP contribution in [-0.4, -0.2) is 29.4 Å². The fraction of sp³-hybridized carbons (Fsp3) is 0.333. The minimum atomic E-state index is -0.332. The van der Waals surface area contributed by atoms with Crippen LogP contribution >= 0.6 is 0 Å². The topological polar surface area (TPSA) is 84.4 Å². The summed E-state index contributed by atoms with van der Waals surface area (Å²) in [5, 5.41) is 0. The van der Waals surface area contributed by atoms with E-state index in [1.165, 1.54) is 5.56 Å². The first-order chi connectivity index (χ1) is 10.1. The SMILES string of the molecule is Cc1oc(CN(C)CCc2ccncc2)cc1C(=O)NN. The van der Waals surface area contributed by atoms with Crippen LogP contribution in [0.5, 0.6) is 0 Å². The number of nitrogen functional groups attached to an aromatic ring is 1. The van der Waals surface area contributed by atoms with Crippen LogP contribution in [0, 0.1) is 6.92 Å². The minimum absolute atomic E-state index is 0.332. The predicted molar refractivity (Wildman–Crippen MR) is 79.4 cm³/mol. The Morgan fingerprint density at radius 1 is 1.43 bits per heavy atom. The Hall–Kier alpha value is -2.18. The maximum Gasteiger partial charge on any atom is 0.268 e. The first kappa shape index (κ1) is 15.2. The van der Waals surface area contributed by atoms with Crippen molar-refractivity contribution in [3.63, 3.8) is 0 Å². The maximum absolute atomic E-state index is 11.5. The molecule has 2 heterocycles. The lowest BCUT2D eigenvalue weighted by Crippen LogP contribution is -2.30. The molecule has 2 rings (SSSR count). The van der Waals surface area contributed by atoms with E-state index in [2.05, 4.69) is 15.3 Å². The Kier molecular flexibility index (Phi) is 5.08. The van der Waals surface area contributed by atoms with E-state index >= 15 is 0 Å². The molecule has 0 aliphatic rings. The third-order valence-electron chi connectivity index (χ3n) is 3.30. The van der Waals surface area contributed by atoms with Gasteiger partial charge in [-0.1, -0.05) is 0 Å². The number of pyridine rings is 1. The van der Waals surface area contributed by atoms with Gasteiger partial charge in [-0.15, -0.1) is 0 Å². The molecule has 2 aromatic heterocycles. The average Bonchev–Trinajstić information content (AvgIpc) is 2.86. The van der Waals surface area contributed by atoms with E-state index in [1.54, 1.807) is 25.4 Å². The van der Waals surface area contributed by atoms with Gasteiger partial charge in [-0.05, 0) is 44.2 Å². The Morgan fingerprint density at radius 3 is 2.81 bits per heavy atom. The summed E-state index contributed by atoms with van der Waals surface area (Å²) in [6.07, 6.45) is 4.53. The summed E-state index contributed by atoms with van der Waals surface area (Å²) in [5.41, 5.74) is 3.84. The molecule has 6 heteroatoms. The van der Waals surface area contributed by atoms with Crippen LogP contribution < -0.4 is 11.3 Å². The number of hydrogen-bond acceptors (Lipinski definition) is 5. The molecule has 0 aliphatic heterocycles. The summed E-state index contributed by atoms with van der Waals surface area (Å²) in [4.78, 5) is 17.7. The van der Waals surface area contributed by atoms with Crippen molar-refractivity contribution < 1.29 is 9.21 Å². The lowest BCUT2D eigenvalue weighted by Gasteiger charge is -2.14. The van der Waals surface area contributed by atoms with Crippen molar-refractivity contribution in [1.29, 1.82) is 0 Å². The third kappa shape index (κ3) is 4.14.